The van der Waals surface area contributed by atoms with Gasteiger partial charge in [0.05, 0.1) is 10.9 Å². The molecule has 1 atom stereocenters. The standard InChI is InChI=1S/C19H30N4O4S/c1-13(2)20-19(25)21-18(24)16(5)22-8-10-23(11-9-22)28(26,27)17-12-14(3)6-7-15(17)4/h6-7,12-13,16H,8-11H2,1-5H3,(H2,20,21,24,25)/t16-/m0/s1. The smallest absolute Gasteiger partial charge is 0.321 e. The number of hydrogen-bond acceptors (Lipinski definition) is 5. The lowest BCUT2D eigenvalue weighted by molar-refractivity contribution is -0.125. The van der Waals surface area contributed by atoms with E-state index in [9.17, 15) is 18.0 Å². The van der Waals surface area contributed by atoms with Crippen molar-refractivity contribution >= 4 is 22.0 Å². The third-order valence-corrected chi connectivity index (χ3v) is 6.86. The van der Waals surface area contributed by atoms with Crippen LogP contribution in [0.5, 0.6) is 0 Å². The summed E-state index contributed by atoms with van der Waals surface area (Å²) in [6.07, 6.45) is 0. The van der Waals surface area contributed by atoms with Crippen LogP contribution >= 0.6 is 0 Å². The summed E-state index contributed by atoms with van der Waals surface area (Å²) in [4.78, 5) is 26.2. The fourth-order valence-electron chi connectivity index (χ4n) is 3.14. The predicted octanol–water partition coefficient (Wildman–Crippen LogP) is 1.23. The number of imide groups is 1. The number of sulfonamides is 1. The number of nitrogens with zero attached hydrogens (tertiary/aromatic N) is 2. The zero-order valence-corrected chi connectivity index (χ0v) is 18.0. The minimum atomic E-state index is -3.58. The molecule has 0 aliphatic carbocycles. The number of benzene rings is 1. The van der Waals surface area contributed by atoms with E-state index in [0.717, 1.165) is 11.1 Å². The third kappa shape index (κ3) is 5.30. The van der Waals surface area contributed by atoms with Crippen molar-refractivity contribution < 1.29 is 18.0 Å². The summed E-state index contributed by atoms with van der Waals surface area (Å²) < 4.78 is 27.4. The molecule has 0 aromatic heterocycles. The highest BCUT2D eigenvalue weighted by Crippen LogP contribution is 2.22. The van der Waals surface area contributed by atoms with E-state index in [-0.39, 0.29) is 6.04 Å². The van der Waals surface area contributed by atoms with E-state index in [2.05, 4.69) is 10.6 Å². The van der Waals surface area contributed by atoms with Gasteiger partial charge in [-0.05, 0) is 51.8 Å². The predicted molar refractivity (Wildman–Crippen MR) is 108 cm³/mol. The first-order valence-electron chi connectivity index (χ1n) is 9.45. The van der Waals surface area contributed by atoms with Gasteiger partial charge in [0.2, 0.25) is 15.9 Å². The Morgan fingerprint density at radius 2 is 1.64 bits per heavy atom. The Kier molecular flexibility index (Phi) is 7.19. The van der Waals surface area contributed by atoms with E-state index < -0.39 is 28.0 Å². The molecule has 2 N–H and O–H groups in total. The summed E-state index contributed by atoms with van der Waals surface area (Å²) in [5.74, 6) is -0.399. The Morgan fingerprint density at radius 1 is 1.04 bits per heavy atom. The van der Waals surface area contributed by atoms with Crippen molar-refractivity contribution in [2.75, 3.05) is 26.2 Å². The molecule has 0 saturated carbocycles. The molecule has 28 heavy (non-hydrogen) atoms. The highest BCUT2D eigenvalue weighted by atomic mass is 32.2. The maximum atomic E-state index is 13.0. The summed E-state index contributed by atoms with van der Waals surface area (Å²) in [6.45, 7) is 10.4. The van der Waals surface area contributed by atoms with Crippen LogP contribution in [-0.2, 0) is 14.8 Å². The van der Waals surface area contributed by atoms with Crippen LogP contribution in [0.4, 0.5) is 4.79 Å². The minimum absolute atomic E-state index is 0.0677. The molecule has 1 aromatic carbocycles. The molecule has 156 valence electrons. The molecular weight excluding hydrogens is 380 g/mol. The minimum Gasteiger partial charge on any atom is -0.336 e. The molecule has 1 heterocycles. The maximum Gasteiger partial charge on any atom is 0.321 e. The van der Waals surface area contributed by atoms with Gasteiger partial charge in [-0.15, -0.1) is 0 Å². The first-order chi connectivity index (χ1) is 13.0. The van der Waals surface area contributed by atoms with Gasteiger partial charge in [0.1, 0.15) is 0 Å². The van der Waals surface area contributed by atoms with Crippen molar-refractivity contribution in [1.82, 2.24) is 19.8 Å². The van der Waals surface area contributed by atoms with Gasteiger partial charge in [0.15, 0.2) is 0 Å². The molecule has 0 bridgehead atoms. The number of carbonyl (C=O) groups is 2. The van der Waals surface area contributed by atoms with Crippen LogP contribution in [0.3, 0.4) is 0 Å². The van der Waals surface area contributed by atoms with Gasteiger partial charge in [0, 0.05) is 32.2 Å². The van der Waals surface area contributed by atoms with Crippen LogP contribution in [0.25, 0.3) is 0 Å². The Bertz CT molecular complexity index is 830. The van der Waals surface area contributed by atoms with Crippen LogP contribution in [-0.4, -0.2) is 67.8 Å². The number of amides is 3. The Labute approximate surface area is 167 Å². The lowest BCUT2D eigenvalue weighted by Gasteiger charge is -2.36. The van der Waals surface area contributed by atoms with Gasteiger partial charge in [-0.2, -0.15) is 4.31 Å². The summed E-state index contributed by atoms with van der Waals surface area (Å²) in [5.41, 5.74) is 1.62. The van der Waals surface area contributed by atoms with Gasteiger partial charge in [0.25, 0.3) is 0 Å². The number of urea groups is 1. The van der Waals surface area contributed by atoms with E-state index in [1.807, 2.05) is 37.8 Å². The molecule has 0 radical (unpaired) electrons. The van der Waals surface area contributed by atoms with Crippen molar-refractivity contribution in [3.63, 3.8) is 0 Å². The van der Waals surface area contributed by atoms with Gasteiger partial charge in [-0.1, -0.05) is 12.1 Å². The fourth-order valence-corrected chi connectivity index (χ4v) is 4.87. The van der Waals surface area contributed by atoms with E-state index in [1.54, 1.807) is 19.9 Å². The van der Waals surface area contributed by atoms with E-state index in [1.165, 1.54) is 4.31 Å². The zero-order chi connectivity index (χ0) is 21.1. The van der Waals surface area contributed by atoms with Crippen LogP contribution in [0.2, 0.25) is 0 Å². The fraction of sp³-hybridized carbons (Fsp3) is 0.579. The maximum absolute atomic E-state index is 13.0. The molecule has 1 saturated heterocycles. The average Bonchev–Trinajstić information content (AvgIpc) is 2.62. The molecule has 0 spiro atoms. The Morgan fingerprint density at radius 3 is 2.21 bits per heavy atom. The monoisotopic (exact) mass is 410 g/mol. The third-order valence-electron chi connectivity index (χ3n) is 4.82. The van der Waals surface area contributed by atoms with Crippen molar-refractivity contribution in [1.29, 1.82) is 0 Å². The molecule has 1 aliphatic heterocycles. The molecule has 9 heteroatoms. The Hall–Kier alpha value is -1.97. The lowest BCUT2D eigenvalue weighted by Crippen LogP contribution is -2.56. The number of piperazine rings is 1. The van der Waals surface area contributed by atoms with Crippen molar-refractivity contribution in [3.05, 3.63) is 29.3 Å². The summed E-state index contributed by atoms with van der Waals surface area (Å²) in [6, 6.07) is 4.28. The molecule has 0 unspecified atom stereocenters. The van der Waals surface area contributed by atoms with Crippen LogP contribution < -0.4 is 10.6 Å². The molecule has 1 fully saturated rings. The second kappa shape index (κ2) is 9.02. The summed E-state index contributed by atoms with van der Waals surface area (Å²) >= 11 is 0. The first-order valence-corrected chi connectivity index (χ1v) is 10.9. The van der Waals surface area contributed by atoms with E-state index >= 15 is 0 Å². The zero-order valence-electron chi connectivity index (χ0n) is 17.2. The molecule has 8 nitrogen and oxygen atoms in total. The largest absolute Gasteiger partial charge is 0.336 e. The van der Waals surface area contributed by atoms with Gasteiger partial charge in [-0.25, -0.2) is 13.2 Å². The quantitative estimate of drug-likeness (QED) is 0.761. The highest BCUT2D eigenvalue weighted by molar-refractivity contribution is 7.89. The van der Waals surface area contributed by atoms with Gasteiger partial charge >= 0.3 is 6.03 Å². The number of hydrogen-bond donors (Lipinski definition) is 2. The Balaban J connectivity index is 1.99. The van der Waals surface area contributed by atoms with Crippen LogP contribution in [0.1, 0.15) is 31.9 Å². The average molecular weight is 411 g/mol. The lowest BCUT2D eigenvalue weighted by atomic mass is 10.2. The summed E-state index contributed by atoms with van der Waals surface area (Å²) in [7, 11) is -3.58. The number of rotatable bonds is 5. The number of carbonyl (C=O) groups excluding carboxylic acids is 2. The van der Waals surface area contributed by atoms with Crippen LogP contribution in [0.15, 0.2) is 23.1 Å². The first kappa shape index (κ1) is 22.3. The molecular formula is C19H30N4O4S. The van der Waals surface area contributed by atoms with Gasteiger partial charge in [-0.3, -0.25) is 15.0 Å². The van der Waals surface area contributed by atoms with E-state index in [0.29, 0.717) is 31.1 Å². The topological polar surface area (TPSA) is 98.8 Å². The molecule has 3 amide bonds. The van der Waals surface area contributed by atoms with Crippen molar-refractivity contribution in [3.8, 4) is 0 Å². The normalized spacial score (nSPS) is 17.4. The molecule has 1 aromatic rings. The second-order valence-corrected chi connectivity index (χ2v) is 9.41. The van der Waals surface area contributed by atoms with Gasteiger partial charge < -0.3 is 5.32 Å². The molecule has 1 aliphatic rings. The van der Waals surface area contributed by atoms with Crippen LogP contribution in [0, 0.1) is 13.8 Å². The molecule has 2 rings (SSSR count). The van der Waals surface area contributed by atoms with Crippen molar-refractivity contribution in [2.45, 2.75) is 51.6 Å². The number of nitrogens with one attached hydrogen (secondary N) is 2. The van der Waals surface area contributed by atoms with E-state index in [4.69, 9.17) is 0 Å². The second-order valence-electron chi connectivity index (χ2n) is 7.50. The SMILES string of the molecule is Cc1ccc(C)c(S(=O)(=O)N2CCN([C@@H](C)C(=O)NC(=O)NC(C)C)CC2)c1. The number of aryl methyl sites for hydroxylation is 2. The van der Waals surface area contributed by atoms with Crippen molar-refractivity contribution in [2.24, 2.45) is 0 Å². The summed E-state index contributed by atoms with van der Waals surface area (Å²) in [5, 5.41) is 4.94. The highest BCUT2D eigenvalue weighted by Gasteiger charge is 2.32.